The lowest BCUT2D eigenvalue weighted by atomic mass is 10.2. The highest BCUT2D eigenvalue weighted by Crippen LogP contribution is 2.23. The molecule has 1 atom stereocenters. The summed E-state index contributed by atoms with van der Waals surface area (Å²) < 4.78 is 4.18. The number of nitrogens with zero attached hydrogens (tertiary/aromatic N) is 3. The average Bonchev–Trinajstić information content (AvgIpc) is 2.98. The van der Waals surface area contributed by atoms with Gasteiger partial charge in [-0.15, -0.1) is 0 Å². The molecule has 1 aromatic carbocycles. The molecule has 3 aromatic rings. The van der Waals surface area contributed by atoms with Crippen molar-refractivity contribution < 1.29 is 0 Å². The van der Waals surface area contributed by atoms with Gasteiger partial charge in [-0.05, 0) is 18.6 Å². The number of fused-ring (bicyclic) bond motifs is 1. The lowest BCUT2D eigenvalue weighted by molar-refractivity contribution is 0.589. The van der Waals surface area contributed by atoms with Crippen LogP contribution in [0.25, 0.3) is 10.9 Å². The van der Waals surface area contributed by atoms with Crippen molar-refractivity contribution >= 4 is 10.9 Å². The molecule has 0 amide bonds. The zero-order chi connectivity index (χ0) is 12.5. The first-order valence-electron chi connectivity index (χ1n) is 6.05. The molecule has 0 radical (unpaired) electrons. The van der Waals surface area contributed by atoms with Crippen molar-refractivity contribution in [2.24, 2.45) is 5.73 Å². The number of hydrogen-bond acceptors (Lipinski definition) is 2. The van der Waals surface area contributed by atoms with Gasteiger partial charge in [-0.1, -0.05) is 18.2 Å². The SMILES string of the molecule is CC(N)n1cc(Cn2ccnc2)c2ccccc21. The summed E-state index contributed by atoms with van der Waals surface area (Å²) in [6.45, 7) is 2.81. The maximum absolute atomic E-state index is 6.01. The highest BCUT2D eigenvalue weighted by atomic mass is 15.1. The molecule has 0 bridgehead atoms. The Balaban J connectivity index is 2.11. The van der Waals surface area contributed by atoms with Crippen LogP contribution in [0.2, 0.25) is 0 Å². The summed E-state index contributed by atoms with van der Waals surface area (Å²) in [6, 6.07) is 8.35. The molecule has 0 aliphatic rings. The Kier molecular flexibility index (Phi) is 2.64. The van der Waals surface area contributed by atoms with Gasteiger partial charge in [0, 0.05) is 29.5 Å². The summed E-state index contributed by atoms with van der Waals surface area (Å²) in [5.41, 5.74) is 8.46. The number of para-hydroxylation sites is 1. The van der Waals surface area contributed by atoms with E-state index in [1.54, 1.807) is 6.20 Å². The van der Waals surface area contributed by atoms with Crippen LogP contribution in [0.5, 0.6) is 0 Å². The minimum atomic E-state index is -0.0218. The molecule has 4 heteroatoms. The van der Waals surface area contributed by atoms with Crippen molar-refractivity contribution in [1.29, 1.82) is 0 Å². The van der Waals surface area contributed by atoms with Gasteiger partial charge in [-0.2, -0.15) is 0 Å². The lowest BCUT2D eigenvalue weighted by Gasteiger charge is -2.08. The van der Waals surface area contributed by atoms with Gasteiger partial charge in [0.15, 0.2) is 0 Å². The van der Waals surface area contributed by atoms with Crippen molar-refractivity contribution in [2.75, 3.05) is 0 Å². The van der Waals surface area contributed by atoms with Gasteiger partial charge in [0.1, 0.15) is 0 Å². The van der Waals surface area contributed by atoms with Crippen LogP contribution >= 0.6 is 0 Å². The largest absolute Gasteiger partial charge is 0.333 e. The van der Waals surface area contributed by atoms with Crippen molar-refractivity contribution in [3.63, 3.8) is 0 Å². The fraction of sp³-hybridized carbons (Fsp3) is 0.214. The summed E-state index contributed by atoms with van der Waals surface area (Å²) in [5, 5.41) is 1.25. The zero-order valence-electron chi connectivity index (χ0n) is 10.3. The Bertz CT molecular complexity index is 650. The van der Waals surface area contributed by atoms with E-state index < -0.39 is 0 Å². The Labute approximate surface area is 106 Å². The standard InChI is InChI=1S/C14H16N4/c1-11(15)18-9-12(8-17-7-6-16-10-17)13-4-2-3-5-14(13)18/h2-7,9-11H,8,15H2,1H3. The van der Waals surface area contributed by atoms with Crippen LogP contribution in [0.15, 0.2) is 49.2 Å². The van der Waals surface area contributed by atoms with Gasteiger partial charge < -0.3 is 14.9 Å². The summed E-state index contributed by atoms with van der Waals surface area (Å²) in [6.07, 6.45) is 7.71. The molecule has 2 N–H and O–H groups in total. The molecule has 2 heterocycles. The van der Waals surface area contributed by atoms with Crippen LogP contribution in [0, 0.1) is 0 Å². The summed E-state index contributed by atoms with van der Waals surface area (Å²) in [7, 11) is 0. The fourth-order valence-electron chi connectivity index (χ4n) is 2.32. The lowest BCUT2D eigenvalue weighted by Crippen LogP contribution is -2.13. The molecular formula is C14H16N4. The van der Waals surface area contributed by atoms with Crippen LogP contribution in [0.1, 0.15) is 18.7 Å². The highest BCUT2D eigenvalue weighted by Gasteiger charge is 2.10. The molecule has 2 aromatic heterocycles. The van der Waals surface area contributed by atoms with Crippen LogP contribution in [0.4, 0.5) is 0 Å². The average molecular weight is 240 g/mol. The fourth-order valence-corrected chi connectivity index (χ4v) is 2.32. The molecule has 1 unspecified atom stereocenters. The normalized spacial score (nSPS) is 13.0. The van der Waals surface area contributed by atoms with Crippen LogP contribution in [-0.4, -0.2) is 14.1 Å². The molecule has 0 aliphatic heterocycles. The third-order valence-corrected chi connectivity index (χ3v) is 3.17. The maximum atomic E-state index is 6.01. The zero-order valence-corrected chi connectivity index (χ0v) is 10.3. The van der Waals surface area contributed by atoms with E-state index in [9.17, 15) is 0 Å². The number of imidazole rings is 1. The topological polar surface area (TPSA) is 48.8 Å². The Hall–Kier alpha value is -2.07. The van der Waals surface area contributed by atoms with Gasteiger partial charge in [0.2, 0.25) is 0 Å². The highest BCUT2D eigenvalue weighted by molar-refractivity contribution is 5.84. The Morgan fingerprint density at radius 2 is 2.17 bits per heavy atom. The minimum absolute atomic E-state index is 0.0218. The van der Waals surface area contributed by atoms with E-state index in [0.717, 1.165) is 6.54 Å². The number of nitrogens with two attached hydrogens (primary N) is 1. The molecular weight excluding hydrogens is 224 g/mol. The third kappa shape index (κ3) is 1.80. The first-order valence-corrected chi connectivity index (χ1v) is 6.05. The van der Waals surface area contributed by atoms with Crippen LogP contribution in [0.3, 0.4) is 0 Å². The summed E-state index contributed by atoms with van der Waals surface area (Å²) in [5.74, 6) is 0. The van der Waals surface area contributed by atoms with Crippen molar-refractivity contribution in [3.05, 3.63) is 54.7 Å². The van der Waals surface area contributed by atoms with Gasteiger partial charge in [0.05, 0.1) is 19.0 Å². The molecule has 0 aliphatic carbocycles. The first kappa shape index (κ1) is 11.0. The van der Waals surface area contributed by atoms with E-state index in [0.29, 0.717) is 0 Å². The molecule has 0 spiro atoms. The van der Waals surface area contributed by atoms with Crippen molar-refractivity contribution in [3.8, 4) is 0 Å². The smallest absolute Gasteiger partial charge is 0.0949 e. The number of hydrogen-bond donors (Lipinski definition) is 1. The minimum Gasteiger partial charge on any atom is -0.333 e. The van der Waals surface area contributed by atoms with Gasteiger partial charge in [-0.25, -0.2) is 4.98 Å². The maximum Gasteiger partial charge on any atom is 0.0949 e. The Morgan fingerprint density at radius 1 is 1.33 bits per heavy atom. The van der Waals surface area contributed by atoms with Gasteiger partial charge in [-0.3, -0.25) is 0 Å². The number of rotatable bonds is 3. The first-order chi connectivity index (χ1) is 8.75. The Morgan fingerprint density at radius 3 is 2.89 bits per heavy atom. The van der Waals surface area contributed by atoms with Crippen molar-refractivity contribution in [1.82, 2.24) is 14.1 Å². The van der Waals surface area contributed by atoms with E-state index in [1.807, 2.05) is 25.5 Å². The molecule has 3 rings (SSSR count). The van der Waals surface area contributed by atoms with Crippen molar-refractivity contribution in [2.45, 2.75) is 19.6 Å². The third-order valence-electron chi connectivity index (χ3n) is 3.17. The summed E-state index contributed by atoms with van der Waals surface area (Å²) in [4.78, 5) is 4.07. The monoisotopic (exact) mass is 240 g/mol. The molecule has 0 fully saturated rings. The molecule has 0 saturated carbocycles. The van der Waals surface area contributed by atoms with E-state index in [4.69, 9.17) is 5.73 Å². The van der Waals surface area contributed by atoms with Gasteiger partial charge in [0.25, 0.3) is 0 Å². The van der Waals surface area contributed by atoms with E-state index in [1.165, 1.54) is 16.5 Å². The van der Waals surface area contributed by atoms with Crippen LogP contribution < -0.4 is 5.73 Å². The molecule has 92 valence electrons. The summed E-state index contributed by atoms with van der Waals surface area (Å²) >= 11 is 0. The van der Waals surface area contributed by atoms with E-state index in [-0.39, 0.29) is 6.17 Å². The predicted octanol–water partition coefficient (Wildman–Crippen LogP) is 2.36. The number of benzene rings is 1. The number of aromatic nitrogens is 3. The van der Waals surface area contributed by atoms with E-state index in [2.05, 4.69) is 38.5 Å². The van der Waals surface area contributed by atoms with E-state index >= 15 is 0 Å². The molecule has 0 saturated heterocycles. The van der Waals surface area contributed by atoms with Gasteiger partial charge >= 0.3 is 0 Å². The molecule has 4 nitrogen and oxygen atoms in total. The molecule has 18 heavy (non-hydrogen) atoms. The predicted molar refractivity (Wildman–Crippen MR) is 72.2 cm³/mol. The second-order valence-electron chi connectivity index (χ2n) is 4.55. The second-order valence-corrected chi connectivity index (χ2v) is 4.55. The second kappa shape index (κ2) is 4.31. The van der Waals surface area contributed by atoms with Crippen LogP contribution in [-0.2, 0) is 6.54 Å². The quantitative estimate of drug-likeness (QED) is 0.764.